The van der Waals surface area contributed by atoms with Gasteiger partial charge in [-0.2, -0.15) is 39.5 Å². The molecule has 4 rings (SSSR count). The maximum absolute atomic E-state index is 16.0. The van der Waals surface area contributed by atoms with Crippen LogP contribution in [0.3, 0.4) is 0 Å². The Hall–Kier alpha value is -3.69. The van der Waals surface area contributed by atoms with Crippen molar-refractivity contribution < 1.29 is 57.9 Å². The van der Waals surface area contributed by atoms with Gasteiger partial charge in [0.1, 0.15) is 0 Å². The Morgan fingerprint density at radius 3 is 1.96 bits per heavy atom. The second-order valence-corrected chi connectivity index (χ2v) is 11.8. The van der Waals surface area contributed by atoms with Gasteiger partial charge in [0.05, 0.1) is 22.5 Å². The third-order valence-corrected chi connectivity index (χ3v) is 8.38. The highest BCUT2D eigenvalue weighted by Crippen LogP contribution is 2.55. The van der Waals surface area contributed by atoms with Crippen LogP contribution in [0, 0.1) is 11.7 Å². The van der Waals surface area contributed by atoms with Crippen LogP contribution in [0.25, 0.3) is 0 Å². The third-order valence-electron chi connectivity index (χ3n) is 7.76. The Bertz CT molecular complexity index is 1600. The predicted molar refractivity (Wildman–Crippen MR) is 153 cm³/mol. The molecular weight excluding hydrogens is 721 g/mol. The third kappa shape index (κ3) is 7.41. The van der Waals surface area contributed by atoms with Crippen LogP contribution >= 0.6 is 15.9 Å². The first-order valence-electron chi connectivity index (χ1n) is 14.0. The van der Waals surface area contributed by atoms with E-state index >= 15 is 4.39 Å². The fraction of sp³-hybridized carbons (Fsp3) is 0.355. The van der Waals surface area contributed by atoms with Crippen LogP contribution < -0.4 is 10.2 Å². The van der Waals surface area contributed by atoms with Crippen LogP contribution in [-0.4, -0.2) is 30.7 Å². The van der Waals surface area contributed by atoms with Crippen molar-refractivity contribution in [2.45, 2.75) is 56.3 Å². The molecule has 1 N–H and O–H groups in total. The van der Waals surface area contributed by atoms with E-state index in [9.17, 15) is 53.5 Å². The number of anilines is 2. The maximum atomic E-state index is 16.0. The zero-order chi connectivity index (χ0) is 34.9. The summed E-state index contributed by atoms with van der Waals surface area (Å²) in [5.74, 6) is -3.59. The van der Waals surface area contributed by atoms with Gasteiger partial charge in [-0.15, -0.1) is 0 Å². The molecule has 1 aliphatic rings. The Morgan fingerprint density at radius 1 is 0.809 bits per heavy atom. The molecule has 47 heavy (non-hydrogen) atoms. The maximum Gasteiger partial charge on any atom is 0.435 e. The standard InChI is InChI=1S/C31H24BrF11N2O2/c32-22-15-19(28(34,30(38,39)40)31(41,42)43)14-21(29(35,36)37)25(22)44-26(46)20-12-7-13-23(24(20)33)45(16-17-8-3-1-4-9-17)27(47)18-10-5-2-6-11-18/h2,5-7,10-15,17H,1,3-4,8-9,16H2,(H,44,46). The summed E-state index contributed by atoms with van der Waals surface area (Å²) in [6, 6.07) is 10.0. The van der Waals surface area contributed by atoms with Crippen molar-refractivity contribution in [2.75, 3.05) is 16.8 Å². The molecule has 1 saturated carbocycles. The zero-order valence-corrected chi connectivity index (χ0v) is 25.5. The smallest absolute Gasteiger partial charge is 0.320 e. The molecule has 0 atom stereocenters. The van der Waals surface area contributed by atoms with Gasteiger partial charge in [0, 0.05) is 22.1 Å². The molecule has 3 aromatic rings. The van der Waals surface area contributed by atoms with Gasteiger partial charge in [-0.1, -0.05) is 43.5 Å². The Kier molecular flexibility index (Phi) is 10.3. The average molecular weight is 745 g/mol. The summed E-state index contributed by atoms with van der Waals surface area (Å²) in [4.78, 5) is 27.8. The minimum Gasteiger partial charge on any atom is -0.320 e. The van der Waals surface area contributed by atoms with Crippen LogP contribution in [0.5, 0.6) is 0 Å². The summed E-state index contributed by atoms with van der Waals surface area (Å²) >= 11 is 2.41. The summed E-state index contributed by atoms with van der Waals surface area (Å²) < 4.78 is 151. The normalized spacial score (nSPS) is 15.0. The number of benzene rings is 3. The van der Waals surface area contributed by atoms with Gasteiger partial charge in [0.2, 0.25) is 0 Å². The first kappa shape index (κ1) is 36.2. The van der Waals surface area contributed by atoms with Gasteiger partial charge in [-0.3, -0.25) is 9.59 Å². The molecule has 16 heteroatoms. The number of hydrogen-bond donors (Lipinski definition) is 1. The lowest BCUT2D eigenvalue weighted by atomic mass is 9.88. The van der Waals surface area contributed by atoms with E-state index < -0.39 is 74.7 Å². The second kappa shape index (κ2) is 13.4. The lowest BCUT2D eigenvalue weighted by molar-refractivity contribution is -0.348. The van der Waals surface area contributed by atoms with E-state index in [1.165, 1.54) is 18.2 Å². The van der Waals surface area contributed by atoms with Crippen molar-refractivity contribution in [1.82, 2.24) is 0 Å². The summed E-state index contributed by atoms with van der Waals surface area (Å²) in [7, 11) is 0. The van der Waals surface area contributed by atoms with Crippen molar-refractivity contribution in [3.05, 3.63) is 93.2 Å². The number of amides is 2. The summed E-state index contributed by atoms with van der Waals surface area (Å²) in [5, 5.41) is 1.67. The summed E-state index contributed by atoms with van der Waals surface area (Å²) in [6.45, 7) is 0.0460. The molecule has 0 radical (unpaired) electrons. The Labute approximate surface area is 269 Å². The molecule has 0 spiro atoms. The van der Waals surface area contributed by atoms with Crippen LogP contribution in [0.4, 0.5) is 59.7 Å². The number of halogens is 12. The molecule has 0 bridgehead atoms. The second-order valence-electron chi connectivity index (χ2n) is 10.9. The first-order valence-corrected chi connectivity index (χ1v) is 14.8. The van der Waals surface area contributed by atoms with Crippen molar-refractivity contribution in [3.63, 3.8) is 0 Å². The fourth-order valence-corrected chi connectivity index (χ4v) is 5.94. The lowest BCUT2D eigenvalue weighted by Crippen LogP contribution is -2.50. The molecule has 1 fully saturated rings. The van der Waals surface area contributed by atoms with Gasteiger partial charge in [-0.05, 0) is 71.1 Å². The molecule has 0 aliphatic heterocycles. The SMILES string of the molecule is O=C(Nc1c(Br)cc(C(F)(C(F)(F)F)C(F)(F)F)cc1C(F)(F)F)c1cccc(N(CC2CCCCC2)C(=O)c2ccccc2)c1F. The number of rotatable bonds is 7. The monoisotopic (exact) mass is 744 g/mol. The van der Waals surface area contributed by atoms with Gasteiger partial charge >= 0.3 is 24.2 Å². The van der Waals surface area contributed by atoms with Gasteiger partial charge in [-0.25, -0.2) is 8.78 Å². The van der Waals surface area contributed by atoms with Gasteiger partial charge < -0.3 is 10.2 Å². The molecule has 3 aromatic carbocycles. The molecule has 0 heterocycles. The van der Waals surface area contributed by atoms with E-state index in [2.05, 4.69) is 15.9 Å². The first-order chi connectivity index (χ1) is 21.8. The van der Waals surface area contributed by atoms with Crippen LogP contribution in [0.15, 0.2) is 65.1 Å². The molecular formula is C31H24BrF11N2O2. The highest BCUT2D eigenvalue weighted by molar-refractivity contribution is 9.10. The van der Waals surface area contributed by atoms with Gasteiger partial charge in [0.25, 0.3) is 11.8 Å². The topological polar surface area (TPSA) is 49.4 Å². The number of nitrogens with one attached hydrogen (secondary N) is 1. The quantitative estimate of drug-likeness (QED) is 0.245. The van der Waals surface area contributed by atoms with Crippen molar-refractivity contribution in [2.24, 2.45) is 5.92 Å². The summed E-state index contributed by atoms with van der Waals surface area (Å²) in [6.07, 6.45) is -15.0. The van der Waals surface area contributed by atoms with E-state index in [1.807, 2.05) is 0 Å². The average Bonchev–Trinajstić information content (AvgIpc) is 2.99. The highest BCUT2D eigenvalue weighted by Gasteiger charge is 2.73. The number of hydrogen-bond acceptors (Lipinski definition) is 2. The van der Waals surface area contributed by atoms with E-state index in [0.717, 1.165) is 49.1 Å². The Morgan fingerprint density at radius 2 is 1.40 bits per heavy atom. The lowest BCUT2D eigenvalue weighted by Gasteiger charge is -2.31. The molecule has 0 unspecified atom stereocenters. The summed E-state index contributed by atoms with van der Waals surface area (Å²) in [5.41, 5.74) is -13.5. The highest BCUT2D eigenvalue weighted by atomic mass is 79.9. The molecule has 4 nitrogen and oxygen atoms in total. The van der Waals surface area contributed by atoms with Crippen molar-refractivity contribution >= 4 is 39.1 Å². The van der Waals surface area contributed by atoms with Crippen molar-refractivity contribution in [1.29, 1.82) is 0 Å². The minimum absolute atomic E-state index is 0.0341. The molecule has 2 amide bonds. The largest absolute Gasteiger partial charge is 0.435 e. The molecule has 0 saturated heterocycles. The van der Waals surface area contributed by atoms with Crippen LogP contribution in [0.2, 0.25) is 0 Å². The number of carbonyl (C=O) groups excluding carboxylic acids is 2. The number of alkyl halides is 10. The number of carbonyl (C=O) groups is 2. The van der Waals surface area contributed by atoms with Crippen LogP contribution in [-0.2, 0) is 11.8 Å². The zero-order valence-electron chi connectivity index (χ0n) is 23.9. The predicted octanol–water partition coefficient (Wildman–Crippen LogP) is 10.4. The van der Waals surface area contributed by atoms with Crippen molar-refractivity contribution in [3.8, 4) is 0 Å². The fourth-order valence-electron chi connectivity index (χ4n) is 5.38. The molecule has 1 aliphatic carbocycles. The molecule has 254 valence electrons. The van der Waals surface area contributed by atoms with E-state index in [4.69, 9.17) is 0 Å². The van der Waals surface area contributed by atoms with E-state index in [0.29, 0.717) is 0 Å². The van der Waals surface area contributed by atoms with E-state index in [1.54, 1.807) is 23.5 Å². The number of nitrogens with zero attached hydrogens (tertiary/aromatic N) is 1. The van der Waals surface area contributed by atoms with Crippen LogP contribution in [0.1, 0.15) is 63.9 Å². The van der Waals surface area contributed by atoms with Gasteiger partial charge in [0.15, 0.2) is 5.82 Å². The minimum atomic E-state index is -6.72. The van der Waals surface area contributed by atoms with E-state index in [-0.39, 0.29) is 29.8 Å². The molecule has 0 aromatic heterocycles. The Balaban J connectivity index is 1.77.